The van der Waals surface area contributed by atoms with Gasteiger partial charge in [-0.15, -0.1) is 0 Å². The normalized spacial score (nSPS) is 27.2. The molecule has 104 valence electrons. The van der Waals surface area contributed by atoms with Gasteiger partial charge in [0, 0.05) is 0 Å². The summed E-state index contributed by atoms with van der Waals surface area (Å²) in [4.78, 5) is 0. The first-order chi connectivity index (χ1) is 9.36. The number of rotatable bonds is 5. The molecule has 2 atom stereocenters. The topological polar surface area (TPSA) is 21.3 Å². The number of hydrogen-bond donors (Lipinski definition) is 1. The van der Waals surface area contributed by atoms with Crippen molar-refractivity contribution in [3.05, 3.63) is 29.8 Å². The van der Waals surface area contributed by atoms with E-state index in [0.29, 0.717) is 12.0 Å². The van der Waals surface area contributed by atoms with Crippen LogP contribution in [0.25, 0.3) is 0 Å². The Morgan fingerprint density at radius 1 is 1.16 bits per heavy atom. The van der Waals surface area contributed by atoms with E-state index >= 15 is 0 Å². The van der Waals surface area contributed by atoms with Crippen LogP contribution < -0.4 is 10.1 Å². The lowest BCUT2D eigenvalue weighted by Crippen LogP contribution is -2.27. The zero-order chi connectivity index (χ0) is 13.1. The maximum Gasteiger partial charge on any atom is 0.120 e. The molecule has 0 spiro atoms. The van der Waals surface area contributed by atoms with E-state index in [1.807, 2.05) is 0 Å². The highest BCUT2D eigenvalue weighted by Gasteiger charge is 2.27. The van der Waals surface area contributed by atoms with Gasteiger partial charge in [0.15, 0.2) is 0 Å². The van der Waals surface area contributed by atoms with Crippen molar-refractivity contribution < 1.29 is 4.74 Å². The van der Waals surface area contributed by atoms with Crippen molar-refractivity contribution in [2.75, 3.05) is 13.6 Å². The fraction of sp³-hybridized carbons (Fsp3) is 0.647. The summed E-state index contributed by atoms with van der Waals surface area (Å²) in [5.74, 6) is 2.58. The van der Waals surface area contributed by atoms with E-state index in [1.165, 1.54) is 44.1 Å². The summed E-state index contributed by atoms with van der Waals surface area (Å²) in [5.41, 5.74) is 1.48. The molecule has 19 heavy (non-hydrogen) atoms. The van der Waals surface area contributed by atoms with E-state index in [0.717, 1.165) is 18.2 Å². The lowest BCUT2D eigenvalue weighted by atomic mass is 9.75. The Labute approximate surface area is 116 Å². The maximum atomic E-state index is 5.94. The van der Waals surface area contributed by atoms with Gasteiger partial charge in [-0.1, -0.05) is 25.0 Å². The van der Waals surface area contributed by atoms with Gasteiger partial charge < -0.3 is 10.1 Å². The Balaban J connectivity index is 1.74. The second-order valence-corrected chi connectivity index (χ2v) is 6.10. The smallest absolute Gasteiger partial charge is 0.120 e. The van der Waals surface area contributed by atoms with Gasteiger partial charge in [0.1, 0.15) is 5.75 Å². The molecule has 2 nitrogen and oxygen atoms in total. The average Bonchev–Trinajstić information content (AvgIpc) is 3.24. The fourth-order valence-corrected chi connectivity index (χ4v) is 3.35. The average molecular weight is 259 g/mol. The van der Waals surface area contributed by atoms with Crippen LogP contribution in [0.3, 0.4) is 0 Å². The molecule has 0 heterocycles. The molecule has 0 aromatic heterocycles. The first-order valence-corrected chi connectivity index (χ1v) is 7.78. The predicted molar refractivity (Wildman–Crippen MR) is 78.7 cm³/mol. The summed E-state index contributed by atoms with van der Waals surface area (Å²) in [7, 11) is 2.07. The monoisotopic (exact) mass is 259 g/mol. The Morgan fingerprint density at radius 2 is 2.00 bits per heavy atom. The molecule has 2 aliphatic carbocycles. The largest absolute Gasteiger partial charge is 0.490 e. The quantitative estimate of drug-likeness (QED) is 0.870. The first-order valence-electron chi connectivity index (χ1n) is 7.78. The van der Waals surface area contributed by atoms with Gasteiger partial charge in [0.2, 0.25) is 0 Å². The zero-order valence-corrected chi connectivity index (χ0v) is 11.9. The van der Waals surface area contributed by atoms with Crippen molar-refractivity contribution in [2.24, 2.45) is 5.92 Å². The van der Waals surface area contributed by atoms with E-state index in [9.17, 15) is 0 Å². The summed E-state index contributed by atoms with van der Waals surface area (Å²) in [6, 6.07) is 8.85. The Hall–Kier alpha value is -1.02. The van der Waals surface area contributed by atoms with Gasteiger partial charge in [-0.25, -0.2) is 0 Å². The number of ether oxygens (including phenoxy) is 1. The molecule has 2 aliphatic rings. The molecule has 0 saturated heterocycles. The van der Waals surface area contributed by atoms with Gasteiger partial charge in [0.05, 0.1) is 6.10 Å². The summed E-state index contributed by atoms with van der Waals surface area (Å²) in [6.45, 7) is 1.14. The highest BCUT2D eigenvalue weighted by atomic mass is 16.5. The van der Waals surface area contributed by atoms with Gasteiger partial charge in [-0.05, 0) is 68.8 Å². The molecule has 1 aromatic carbocycles. The standard InChI is InChI=1S/C17H25NO/c1-18-12-14-5-2-3-8-17(14)13-6-4-7-16(11-13)19-15-9-10-15/h4,6-7,11,14-15,17-18H,2-3,5,8-10,12H2,1H3. The number of hydrogen-bond acceptors (Lipinski definition) is 2. The molecule has 2 fully saturated rings. The van der Waals surface area contributed by atoms with Crippen LogP contribution in [0.5, 0.6) is 5.75 Å². The minimum atomic E-state index is 0.495. The van der Waals surface area contributed by atoms with E-state index in [4.69, 9.17) is 4.74 Å². The van der Waals surface area contributed by atoms with Crippen molar-refractivity contribution >= 4 is 0 Å². The second-order valence-electron chi connectivity index (χ2n) is 6.10. The van der Waals surface area contributed by atoms with Crippen LogP contribution in [-0.2, 0) is 0 Å². The SMILES string of the molecule is CNCC1CCCCC1c1cccc(OC2CC2)c1. The maximum absolute atomic E-state index is 5.94. The van der Waals surface area contributed by atoms with Gasteiger partial charge in [-0.2, -0.15) is 0 Å². The molecule has 2 unspecified atom stereocenters. The van der Waals surface area contributed by atoms with Crippen LogP contribution in [0.15, 0.2) is 24.3 Å². The number of benzene rings is 1. The Bertz CT molecular complexity index is 411. The fourth-order valence-electron chi connectivity index (χ4n) is 3.35. The van der Waals surface area contributed by atoms with Crippen LogP contribution >= 0.6 is 0 Å². The summed E-state index contributed by atoms with van der Waals surface area (Å²) in [5, 5.41) is 3.36. The lowest BCUT2D eigenvalue weighted by Gasteiger charge is -2.32. The van der Waals surface area contributed by atoms with E-state index < -0.39 is 0 Å². The van der Waals surface area contributed by atoms with Crippen LogP contribution in [0.2, 0.25) is 0 Å². The van der Waals surface area contributed by atoms with E-state index in [-0.39, 0.29) is 0 Å². The molecule has 1 aromatic rings. The third kappa shape index (κ3) is 3.30. The summed E-state index contributed by atoms with van der Waals surface area (Å²) in [6.07, 6.45) is 8.42. The minimum Gasteiger partial charge on any atom is -0.490 e. The van der Waals surface area contributed by atoms with Crippen LogP contribution in [-0.4, -0.2) is 19.7 Å². The molecule has 0 amide bonds. The number of nitrogens with one attached hydrogen (secondary N) is 1. The molecule has 1 N–H and O–H groups in total. The van der Waals surface area contributed by atoms with Crippen LogP contribution in [0, 0.1) is 5.92 Å². The van der Waals surface area contributed by atoms with Crippen molar-refractivity contribution in [3.8, 4) is 5.75 Å². The van der Waals surface area contributed by atoms with Crippen molar-refractivity contribution in [3.63, 3.8) is 0 Å². The predicted octanol–water partition coefficient (Wildman–Crippen LogP) is 3.72. The third-order valence-electron chi connectivity index (χ3n) is 4.49. The zero-order valence-electron chi connectivity index (χ0n) is 11.9. The van der Waals surface area contributed by atoms with Crippen molar-refractivity contribution in [2.45, 2.75) is 50.5 Å². The molecule has 0 aliphatic heterocycles. The van der Waals surface area contributed by atoms with Gasteiger partial charge in [0.25, 0.3) is 0 Å². The van der Waals surface area contributed by atoms with E-state index in [1.54, 1.807) is 0 Å². The second kappa shape index (κ2) is 5.96. The molecule has 0 bridgehead atoms. The molecule has 3 rings (SSSR count). The van der Waals surface area contributed by atoms with Gasteiger partial charge >= 0.3 is 0 Å². The molecule has 0 radical (unpaired) electrons. The van der Waals surface area contributed by atoms with Crippen LogP contribution in [0.1, 0.15) is 50.0 Å². The highest BCUT2D eigenvalue weighted by Crippen LogP contribution is 2.39. The Morgan fingerprint density at radius 3 is 2.79 bits per heavy atom. The minimum absolute atomic E-state index is 0.495. The van der Waals surface area contributed by atoms with Crippen molar-refractivity contribution in [1.82, 2.24) is 5.32 Å². The molecular formula is C17H25NO. The molecular weight excluding hydrogens is 234 g/mol. The summed E-state index contributed by atoms with van der Waals surface area (Å²) < 4.78 is 5.94. The Kier molecular flexibility index (Phi) is 4.07. The van der Waals surface area contributed by atoms with Gasteiger partial charge in [-0.3, -0.25) is 0 Å². The molecule has 2 heteroatoms. The lowest BCUT2D eigenvalue weighted by molar-refractivity contribution is 0.292. The van der Waals surface area contributed by atoms with Crippen LogP contribution in [0.4, 0.5) is 0 Å². The summed E-state index contributed by atoms with van der Waals surface area (Å²) >= 11 is 0. The highest BCUT2D eigenvalue weighted by molar-refractivity contribution is 5.32. The van der Waals surface area contributed by atoms with E-state index in [2.05, 4.69) is 36.6 Å². The third-order valence-corrected chi connectivity index (χ3v) is 4.49. The first kappa shape index (κ1) is 13.0. The molecule has 2 saturated carbocycles. The van der Waals surface area contributed by atoms with Crippen molar-refractivity contribution in [1.29, 1.82) is 0 Å².